The molecule has 21 heavy (non-hydrogen) atoms. The molecular weight excluding hydrogens is 260 g/mol. The second-order valence-electron chi connectivity index (χ2n) is 5.40. The van der Waals surface area contributed by atoms with Gasteiger partial charge in [0.15, 0.2) is 0 Å². The average Bonchev–Trinajstić information content (AvgIpc) is 2.84. The third kappa shape index (κ3) is 2.69. The minimum atomic E-state index is -0.519. The van der Waals surface area contributed by atoms with Crippen LogP contribution in [0.25, 0.3) is 10.9 Å². The third-order valence-electron chi connectivity index (χ3n) is 3.99. The highest BCUT2D eigenvalue weighted by Crippen LogP contribution is 2.24. The molecule has 1 unspecified atom stereocenters. The van der Waals surface area contributed by atoms with Crippen molar-refractivity contribution in [3.63, 3.8) is 0 Å². The van der Waals surface area contributed by atoms with E-state index in [0.29, 0.717) is 6.42 Å². The van der Waals surface area contributed by atoms with Gasteiger partial charge in [-0.1, -0.05) is 49.4 Å². The number of hydrogen-bond donors (Lipinski definition) is 1. The lowest BCUT2D eigenvalue weighted by Crippen LogP contribution is -2.03. The number of benzene rings is 2. The molecule has 1 heterocycles. The van der Waals surface area contributed by atoms with Gasteiger partial charge in [0.2, 0.25) is 0 Å². The number of para-hydroxylation sites is 1. The minimum absolute atomic E-state index is 0.519. The van der Waals surface area contributed by atoms with Crippen molar-refractivity contribution in [2.45, 2.75) is 25.9 Å². The molecule has 0 spiro atoms. The van der Waals surface area contributed by atoms with Crippen molar-refractivity contribution in [1.82, 2.24) is 9.78 Å². The van der Waals surface area contributed by atoms with E-state index in [9.17, 15) is 5.11 Å². The second kappa shape index (κ2) is 5.70. The highest BCUT2D eigenvalue weighted by molar-refractivity contribution is 5.81. The van der Waals surface area contributed by atoms with Crippen LogP contribution in [-0.4, -0.2) is 14.9 Å². The lowest BCUT2D eigenvalue weighted by molar-refractivity contribution is 0.177. The Morgan fingerprint density at radius 2 is 1.81 bits per heavy atom. The molecule has 3 rings (SSSR count). The monoisotopic (exact) mass is 280 g/mol. The van der Waals surface area contributed by atoms with Crippen molar-refractivity contribution < 1.29 is 5.11 Å². The zero-order valence-corrected chi connectivity index (χ0v) is 12.5. The van der Waals surface area contributed by atoms with Crippen LogP contribution in [0.2, 0.25) is 0 Å². The van der Waals surface area contributed by atoms with Crippen molar-refractivity contribution in [2.75, 3.05) is 0 Å². The minimum Gasteiger partial charge on any atom is -0.388 e. The number of aliphatic hydroxyl groups is 1. The number of aryl methyl sites for hydroxylation is 2. The van der Waals surface area contributed by atoms with Gasteiger partial charge in [-0.25, -0.2) is 0 Å². The quantitative estimate of drug-likeness (QED) is 0.795. The summed E-state index contributed by atoms with van der Waals surface area (Å²) < 4.78 is 1.87. The van der Waals surface area contributed by atoms with Crippen molar-refractivity contribution in [1.29, 1.82) is 0 Å². The summed E-state index contributed by atoms with van der Waals surface area (Å²) in [5, 5.41) is 16.1. The Balaban J connectivity index is 1.87. The highest BCUT2D eigenvalue weighted by atomic mass is 16.3. The molecule has 2 aromatic carbocycles. The summed E-state index contributed by atoms with van der Waals surface area (Å²) in [4.78, 5) is 0. The molecule has 1 N–H and O–H groups in total. The molecule has 0 aliphatic carbocycles. The summed E-state index contributed by atoms with van der Waals surface area (Å²) in [5.41, 5.74) is 4.28. The smallest absolute Gasteiger partial charge is 0.0846 e. The van der Waals surface area contributed by atoms with Crippen LogP contribution >= 0.6 is 0 Å². The Bertz CT molecular complexity index is 744. The number of rotatable bonds is 4. The van der Waals surface area contributed by atoms with Gasteiger partial charge in [-0.2, -0.15) is 5.10 Å². The second-order valence-corrected chi connectivity index (χ2v) is 5.40. The van der Waals surface area contributed by atoms with Crippen LogP contribution in [0.1, 0.15) is 29.8 Å². The summed E-state index contributed by atoms with van der Waals surface area (Å²) in [6.45, 7) is 2.13. The predicted molar refractivity (Wildman–Crippen MR) is 85.2 cm³/mol. The molecule has 0 aliphatic heterocycles. The third-order valence-corrected chi connectivity index (χ3v) is 3.99. The molecule has 3 aromatic rings. The largest absolute Gasteiger partial charge is 0.388 e. The van der Waals surface area contributed by atoms with Crippen LogP contribution in [0.3, 0.4) is 0 Å². The first kappa shape index (κ1) is 13.8. The van der Waals surface area contributed by atoms with E-state index in [-0.39, 0.29) is 0 Å². The summed E-state index contributed by atoms with van der Waals surface area (Å²) >= 11 is 0. The lowest BCUT2D eigenvalue weighted by atomic mass is 10.0. The molecule has 3 nitrogen and oxygen atoms in total. The summed E-state index contributed by atoms with van der Waals surface area (Å²) in [6.07, 6.45) is 1.03. The molecule has 0 saturated carbocycles. The predicted octanol–water partition coefficient (Wildman–Crippen LogP) is 3.41. The van der Waals surface area contributed by atoms with Gasteiger partial charge in [-0.15, -0.1) is 0 Å². The van der Waals surface area contributed by atoms with E-state index in [1.165, 1.54) is 5.56 Å². The van der Waals surface area contributed by atoms with Crippen LogP contribution in [0.4, 0.5) is 0 Å². The Hall–Kier alpha value is -2.13. The Kier molecular flexibility index (Phi) is 3.76. The first-order valence-corrected chi connectivity index (χ1v) is 7.36. The van der Waals surface area contributed by atoms with Crippen LogP contribution < -0.4 is 0 Å². The highest BCUT2D eigenvalue weighted by Gasteiger charge is 2.14. The first-order chi connectivity index (χ1) is 10.2. The molecule has 0 fully saturated rings. The van der Waals surface area contributed by atoms with Crippen molar-refractivity contribution in [3.05, 3.63) is 65.4 Å². The lowest BCUT2D eigenvalue weighted by Gasteiger charge is -2.10. The van der Waals surface area contributed by atoms with Gasteiger partial charge in [0, 0.05) is 18.9 Å². The van der Waals surface area contributed by atoms with E-state index >= 15 is 0 Å². The molecule has 0 aliphatic rings. The van der Waals surface area contributed by atoms with Crippen LogP contribution in [0.15, 0.2) is 48.5 Å². The van der Waals surface area contributed by atoms with E-state index in [4.69, 9.17) is 0 Å². The topological polar surface area (TPSA) is 38.1 Å². The van der Waals surface area contributed by atoms with Crippen molar-refractivity contribution >= 4 is 10.9 Å². The van der Waals surface area contributed by atoms with Gasteiger partial charge < -0.3 is 5.11 Å². The maximum Gasteiger partial charge on any atom is 0.0846 e. The van der Waals surface area contributed by atoms with Crippen LogP contribution in [0, 0.1) is 0 Å². The van der Waals surface area contributed by atoms with E-state index in [0.717, 1.165) is 28.6 Å². The molecule has 0 bridgehead atoms. The fourth-order valence-corrected chi connectivity index (χ4v) is 2.72. The Morgan fingerprint density at radius 1 is 1.10 bits per heavy atom. The molecule has 0 saturated heterocycles. The summed E-state index contributed by atoms with van der Waals surface area (Å²) in [5.74, 6) is 0. The number of aromatic nitrogens is 2. The zero-order chi connectivity index (χ0) is 14.8. The molecule has 1 atom stereocenters. The fourth-order valence-electron chi connectivity index (χ4n) is 2.72. The fraction of sp³-hybridized carbons (Fsp3) is 0.278. The molecule has 3 heteroatoms. The van der Waals surface area contributed by atoms with E-state index in [1.807, 2.05) is 42.1 Å². The standard InChI is InChI=1S/C18H20N2O/c1-3-13-8-10-14(11-9-13)18(21)12-16-15-6-4-5-7-17(15)20(2)19-16/h4-11,18,21H,3,12H2,1-2H3. The van der Waals surface area contributed by atoms with Gasteiger partial charge in [-0.3, -0.25) is 4.68 Å². The molecular formula is C18H20N2O. The Labute approximate surface area is 124 Å². The molecule has 1 aromatic heterocycles. The van der Waals surface area contributed by atoms with Gasteiger partial charge in [-0.05, 0) is 23.6 Å². The summed E-state index contributed by atoms with van der Waals surface area (Å²) in [6, 6.07) is 16.3. The number of aliphatic hydroxyl groups excluding tert-OH is 1. The van der Waals surface area contributed by atoms with Crippen molar-refractivity contribution in [3.8, 4) is 0 Å². The number of nitrogens with zero attached hydrogens (tertiary/aromatic N) is 2. The first-order valence-electron chi connectivity index (χ1n) is 7.36. The normalized spacial score (nSPS) is 12.7. The summed E-state index contributed by atoms with van der Waals surface area (Å²) in [7, 11) is 1.94. The number of fused-ring (bicyclic) bond motifs is 1. The van der Waals surface area contributed by atoms with Crippen LogP contribution in [-0.2, 0) is 19.9 Å². The average molecular weight is 280 g/mol. The number of hydrogen-bond acceptors (Lipinski definition) is 2. The van der Waals surface area contributed by atoms with Gasteiger partial charge in [0.1, 0.15) is 0 Å². The Morgan fingerprint density at radius 3 is 2.52 bits per heavy atom. The SMILES string of the molecule is CCc1ccc(C(O)Cc2nn(C)c3ccccc23)cc1. The van der Waals surface area contributed by atoms with Crippen molar-refractivity contribution in [2.24, 2.45) is 7.05 Å². The maximum absolute atomic E-state index is 10.5. The van der Waals surface area contributed by atoms with Gasteiger partial charge in [0.05, 0.1) is 17.3 Å². The zero-order valence-electron chi connectivity index (χ0n) is 12.5. The molecule has 0 radical (unpaired) electrons. The van der Waals surface area contributed by atoms with E-state index in [2.05, 4.69) is 30.2 Å². The molecule has 0 amide bonds. The molecule has 108 valence electrons. The van der Waals surface area contributed by atoms with Gasteiger partial charge in [0.25, 0.3) is 0 Å². The van der Waals surface area contributed by atoms with E-state index < -0.39 is 6.10 Å². The van der Waals surface area contributed by atoms with E-state index in [1.54, 1.807) is 0 Å². The van der Waals surface area contributed by atoms with Crippen LogP contribution in [0.5, 0.6) is 0 Å². The van der Waals surface area contributed by atoms with Gasteiger partial charge >= 0.3 is 0 Å². The maximum atomic E-state index is 10.5.